The Hall–Kier alpha value is -3.66. The number of halogens is 2. The van der Waals surface area contributed by atoms with Crippen molar-refractivity contribution in [2.24, 2.45) is 10.4 Å². The number of Topliss-reactive ketones (excluding diaryl/α,β-unsaturated/α-hetero) is 1. The zero-order valence-electron chi connectivity index (χ0n) is 26.2. The first kappa shape index (κ1) is 32.3. The first-order chi connectivity index (χ1) is 22.2. The van der Waals surface area contributed by atoms with Gasteiger partial charge in [0.15, 0.2) is 5.78 Å². The lowest BCUT2D eigenvalue weighted by molar-refractivity contribution is 0.0798. The lowest BCUT2D eigenvalue weighted by Crippen LogP contribution is -2.25. The van der Waals surface area contributed by atoms with Gasteiger partial charge in [-0.3, -0.25) is 4.79 Å². The Bertz CT molecular complexity index is 1740. The van der Waals surface area contributed by atoms with Gasteiger partial charge in [-0.25, -0.2) is 19.8 Å². The van der Waals surface area contributed by atoms with Crippen LogP contribution in [0.25, 0.3) is 16.7 Å². The van der Waals surface area contributed by atoms with Crippen LogP contribution >= 0.6 is 23.2 Å². The van der Waals surface area contributed by atoms with Crippen LogP contribution in [0.3, 0.4) is 0 Å². The number of anilines is 1. The third-order valence-corrected chi connectivity index (χ3v) is 9.64. The molecule has 11 heteroatoms. The van der Waals surface area contributed by atoms with E-state index in [2.05, 4.69) is 25.4 Å². The molecule has 0 radical (unpaired) electrons. The molecule has 0 bridgehead atoms. The van der Waals surface area contributed by atoms with Crippen LogP contribution in [-0.2, 0) is 11.3 Å². The topological polar surface area (TPSA) is 120 Å². The zero-order valence-corrected chi connectivity index (χ0v) is 27.7. The van der Waals surface area contributed by atoms with E-state index in [1.165, 1.54) is 6.33 Å². The van der Waals surface area contributed by atoms with Crippen molar-refractivity contribution in [2.45, 2.75) is 90.8 Å². The molecular formula is C35H37Cl2N5O4. The number of carbonyl (C=O) groups excluding carboxylic acids is 2. The van der Waals surface area contributed by atoms with Crippen LogP contribution in [0.4, 0.5) is 10.5 Å². The molecule has 2 aromatic heterocycles. The fourth-order valence-corrected chi connectivity index (χ4v) is 6.44. The lowest BCUT2D eigenvalue weighted by atomic mass is 9.90. The molecule has 46 heavy (non-hydrogen) atoms. The molecule has 240 valence electrons. The number of nitrogens with one attached hydrogen (secondary N) is 1. The standard InChI is InChI=1S/C35H37Cl2N5O4/c1-4-28(29(5-2)45-18-25-31(42-46-32(25)20-9-10-20)30-26(36)7-6-8-27(30)37)41-34(44)40-22-11-12-23(33(43)35(3)13-14-35)24(15-22)21-16-38-19-39-17-21/h7,11-12,15-17,19-20,29H,4-6,8-10,13-14,18H2,1-3H3,(H,40,44)/b41-28+. The number of ether oxygens (including phenoxy) is 1. The van der Waals surface area contributed by atoms with Crippen LogP contribution in [-0.4, -0.2) is 38.8 Å². The minimum absolute atomic E-state index is 0.0830. The second-order valence-electron chi connectivity index (χ2n) is 12.4. The van der Waals surface area contributed by atoms with Gasteiger partial charge in [0.25, 0.3) is 0 Å². The summed E-state index contributed by atoms with van der Waals surface area (Å²) < 4.78 is 12.2. The van der Waals surface area contributed by atoms with E-state index in [4.69, 9.17) is 32.5 Å². The van der Waals surface area contributed by atoms with Gasteiger partial charge in [0.05, 0.1) is 18.4 Å². The minimum Gasteiger partial charge on any atom is -0.367 e. The van der Waals surface area contributed by atoms with Gasteiger partial charge in [0.1, 0.15) is 17.8 Å². The van der Waals surface area contributed by atoms with Crippen LogP contribution < -0.4 is 5.32 Å². The summed E-state index contributed by atoms with van der Waals surface area (Å²) in [5, 5.41) is 8.49. The molecule has 1 N–H and O–H groups in total. The number of aromatic nitrogens is 3. The Morgan fingerprint density at radius 1 is 1.17 bits per heavy atom. The monoisotopic (exact) mass is 661 g/mol. The SMILES string of the molecule is CC/C(=N\C(=O)Nc1ccc(C(=O)C2(C)CC2)c(-c2cncnc2)c1)C(CC)OCc1c(C2=C(Cl)CCC=C2Cl)noc1C1CC1. The fraction of sp³-hybridized carbons (Fsp3) is 0.429. The molecule has 0 spiro atoms. The van der Waals surface area contributed by atoms with Gasteiger partial charge in [-0.05, 0) is 75.1 Å². The van der Waals surface area contributed by atoms with Gasteiger partial charge in [0.2, 0.25) is 0 Å². The molecule has 3 aliphatic rings. The van der Waals surface area contributed by atoms with E-state index in [1.54, 1.807) is 30.6 Å². The van der Waals surface area contributed by atoms with Crippen LogP contribution in [0.2, 0.25) is 0 Å². The molecule has 1 aromatic carbocycles. The number of rotatable bonds is 12. The maximum atomic E-state index is 13.3. The molecule has 2 saturated carbocycles. The van der Waals surface area contributed by atoms with Crippen molar-refractivity contribution in [1.29, 1.82) is 0 Å². The predicted octanol–water partition coefficient (Wildman–Crippen LogP) is 9.24. The van der Waals surface area contributed by atoms with Crippen molar-refractivity contribution in [3.05, 3.63) is 75.6 Å². The quantitative estimate of drug-likeness (QED) is 0.152. The van der Waals surface area contributed by atoms with E-state index in [9.17, 15) is 9.59 Å². The summed E-state index contributed by atoms with van der Waals surface area (Å²) in [7, 11) is 0. The maximum absolute atomic E-state index is 13.3. The van der Waals surface area contributed by atoms with Gasteiger partial charge in [0, 0.05) is 61.7 Å². The smallest absolute Gasteiger partial charge is 0.345 e. The van der Waals surface area contributed by atoms with Crippen LogP contribution in [0.5, 0.6) is 0 Å². The molecule has 0 aliphatic heterocycles. The summed E-state index contributed by atoms with van der Waals surface area (Å²) >= 11 is 13.2. The van der Waals surface area contributed by atoms with Crippen molar-refractivity contribution in [2.75, 3.05) is 5.32 Å². The summed E-state index contributed by atoms with van der Waals surface area (Å²) in [6.45, 7) is 6.14. The average molecular weight is 663 g/mol. The third kappa shape index (κ3) is 6.87. The number of allylic oxidation sites excluding steroid dienone is 4. The van der Waals surface area contributed by atoms with Crippen molar-refractivity contribution in [3.63, 3.8) is 0 Å². The van der Waals surface area contributed by atoms with Gasteiger partial charge >= 0.3 is 6.03 Å². The molecule has 1 atom stereocenters. The Morgan fingerprint density at radius 3 is 2.59 bits per heavy atom. The van der Waals surface area contributed by atoms with Crippen molar-refractivity contribution in [1.82, 2.24) is 15.1 Å². The normalized spacial score (nSPS) is 18.3. The molecule has 2 amide bonds. The van der Waals surface area contributed by atoms with E-state index >= 15 is 0 Å². The molecular weight excluding hydrogens is 625 g/mol. The average Bonchev–Trinajstić information content (AvgIpc) is 4.00. The molecule has 9 nitrogen and oxygen atoms in total. The number of carbonyl (C=O) groups is 2. The molecule has 1 unspecified atom stereocenters. The van der Waals surface area contributed by atoms with Gasteiger partial charge in [-0.2, -0.15) is 0 Å². The van der Waals surface area contributed by atoms with Gasteiger partial charge in [-0.15, -0.1) is 0 Å². The van der Waals surface area contributed by atoms with E-state index < -0.39 is 12.1 Å². The Balaban J connectivity index is 1.21. The summed E-state index contributed by atoms with van der Waals surface area (Å²) in [6.07, 6.45) is 12.7. The van der Waals surface area contributed by atoms with E-state index in [1.807, 2.05) is 26.8 Å². The van der Waals surface area contributed by atoms with Gasteiger partial charge < -0.3 is 14.6 Å². The van der Waals surface area contributed by atoms with Crippen LogP contribution in [0.15, 0.2) is 62.6 Å². The fourth-order valence-electron chi connectivity index (χ4n) is 5.78. The molecule has 2 fully saturated rings. The highest BCUT2D eigenvalue weighted by Crippen LogP contribution is 2.49. The number of benzene rings is 1. The predicted molar refractivity (Wildman–Crippen MR) is 179 cm³/mol. The summed E-state index contributed by atoms with van der Waals surface area (Å²) in [4.78, 5) is 39.2. The molecule has 2 heterocycles. The first-order valence-electron chi connectivity index (χ1n) is 15.9. The molecule has 0 saturated heterocycles. The van der Waals surface area contributed by atoms with Crippen molar-refractivity contribution < 1.29 is 18.8 Å². The Morgan fingerprint density at radius 2 is 1.93 bits per heavy atom. The number of urea groups is 1. The minimum atomic E-state index is -0.525. The lowest BCUT2D eigenvalue weighted by Gasteiger charge is -2.19. The largest absolute Gasteiger partial charge is 0.367 e. The molecule has 3 aliphatic carbocycles. The van der Waals surface area contributed by atoms with E-state index in [0.717, 1.165) is 43.4 Å². The van der Waals surface area contributed by atoms with Gasteiger partial charge in [-0.1, -0.05) is 55.2 Å². The summed E-state index contributed by atoms with van der Waals surface area (Å²) in [5.74, 6) is 1.19. The number of hydrogen-bond donors (Lipinski definition) is 1. The Labute approximate surface area is 278 Å². The Kier molecular flexibility index (Phi) is 9.54. The second-order valence-corrected chi connectivity index (χ2v) is 13.3. The number of ketones is 1. The number of amides is 2. The number of nitrogens with zero attached hydrogens (tertiary/aromatic N) is 4. The summed E-state index contributed by atoms with van der Waals surface area (Å²) in [5.41, 5.74) is 4.90. The third-order valence-electron chi connectivity index (χ3n) is 8.91. The highest BCUT2D eigenvalue weighted by atomic mass is 35.5. The van der Waals surface area contributed by atoms with E-state index in [0.29, 0.717) is 74.6 Å². The number of aliphatic imine (C=N–C) groups is 1. The van der Waals surface area contributed by atoms with Crippen LogP contribution in [0.1, 0.15) is 105 Å². The highest BCUT2D eigenvalue weighted by molar-refractivity contribution is 6.42. The highest BCUT2D eigenvalue weighted by Gasteiger charge is 2.45. The molecule has 6 rings (SSSR count). The van der Waals surface area contributed by atoms with E-state index in [-0.39, 0.29) is 17.8 Å². The molecule has 3 aromatic rings. The van der Waals surface area contributed by atoms with Crippen LogP contribution in [0, 0.1) is 5.41 Å². The van der Waals surface area contributed by atoms with Crippen molar-refractivity contribution >= 4 is 52.0 Å². The van der Waals surface area contributed by atoms with Crippen molar-refractivity contribution in [3.8, 4) is 11.1 Å². The maximum Gasteiger partial charge on any atom is 0.345 e. The number of hydrogen-bond acceptors (Lipinski definition) is 7. The first-order valence-corrected chi connectivity index (χ1v) is 16.7. The second kappa shape index (κ2) is 13.6. The summed E-state index contributed by atoms with van der Waals surface area (Å²) in [6, 6.07) is 4.75. The zero-order chi connectivity index (χ0) is 32.4.